The number of aryl methyl sites for hydroxylation is 2. The Kier molecular flexibility index (Phi) is 5.23. The van der Waals surface area contributed by atoms with Gasteiger partial charge in [-0.15, -0.1) is 0 Å². The van der Waals surface area contributed by atoms with Gasteiger partial charge in [0.15, 0.2) is 0 Å². The summed E-state index contributed by atoms with van der Waals surface area (Å²) in [5, 5.41) is 16.3. The van der Waals surface area contributed by atoms with Crippen LogP contribution in [0.15, 0.2) is 28.2 Å². The normalized spacial score (nSPS) is 13.2. The van der Waals surface area contributed by atoms with E-state index in [1.54, 1.807) is 0 Å². The number of anilines is 1. The molecule has 2 heterocycles. The highest BCUT2D eigenvalue weighted by Crippen LogP contribution is 2.24. The maximum atomic E-state index is 12.0. The summed E-state index contributed by atoms with van der Waals surface area (Å²) in [5.74, 6) is 0.282. The molecule has 0 atom stereocenters. The zero-order valence-electron chi connectivity index (χ0n) is 14.8. The molecule has 0 saturated heterocycles. The van der Waals surface area contributed by atoms with Crippen LogP contribution in [0.3, 0.4) is 0 Å². The van der Waals surface area contributed by atoms with Crippen LogP contribution in [0.25, 0.3) is 10.9 Å². The number of nitrogens with one attached hydrogen (secondary N) is 2. The smallest absolute Gasteiger partial charge is 0.271 e. The quantitative estimate of drug-likeness (QED) is 0.804. The molecule has 1 aromatic heterocycles. The van der Waals surface area contributed by atoms with Crippen molar-refractivity contribution in [3.63, 3.8) is 0 Å². The summed E-state index contributed by atoms with van der Waals surface area (Å²) < 4.78 is 0. The average Bonchev–Trinajstić information content (AvgIpc) is 2.65. The van der Waals surface area contributed by atoms with Crippen LogP contribution in [-0.4, -0.2) is 49.0 Å². The minimum Gasteiger partial charge on any atom is -0.367 e. The van der Waals surface area contributed by atoms with Crippen molar-refractivity contribution in [3.8, 4) is 6.07 Å². The van der Waals surface area contributed by atoms with E-state index in [0.717, 1.165) is 22.0 Å². The summed E-state index contributed by atoms with van der Waals surface area (Å²) in [6.07, 6.45) is 1.50. The molecule has 0 spiro atoms. The van der Waals surface area contributed by atoms with Gasteiger partial charge in [0.1, 0.15) is 17.6 Å². The van der Waals surface area contributed by atoms with Gasteiger partial charge in [-0.05, 0) is 37.1 Å². The van der Waals surface area contributed by atoms with Crippen LogP contribution >= 0.6 is 0 Å². The number of nitrogens with zero attached hydrogens (tertiary/aromatic N) is 4. The lowest BCUT2D eigenvalue weighted by Crippen LogP contribution is -2.36. The molecule has 0 unspecified atom stereocenters. The van der Waals surface area contributed by atoms with Crippen molar-refractivity contribution in [2.75, 3.05) is 31.5 Å². The zero-order chi connectivity index (χ0) is 18.5. The summed E-state index contributed by atoms with van der Waals surface area (Å²) in [6, 6.07) is 8.11. The van der Waals surface area contributed by atoms with Gasteiger partial charge in [0.25, 0.3) is 5.91 Å². The number of pyridine rings is 1. The second-order valence-corrected chi connectivity index (χ2v) is 6.13. The summed E-state index contributed by atoms with van der Waals surface area (Å²) >= 11 is 0. The van der Waals surface area contributed by atoms with Gasteiger partial charge >= 0.3 is 0 Å². The minimum absolute atomic E-state index is 0.242. The van der Waals surface area contributed by atoms with Crippen molar-refractivity contribution in [1.29, 1.82) is 5.26 Å². The van der Waals surface area contributed by atoms with E-state index in [0.29, 0.717) is 43.3 Å². The Morgan fingerprint density at radius 2 is 2.08 bits per heavy atom. The van der Waals surface area contributed by atoms with E-state index in [4.69, 9.17) is 0 Å². The lowest BCUT2D eigenvalue weighted by Gasteiger charge is -2.11. The molecule has 7 heteroatoms. The van der Waals surface area contributed by atoms with Crippen molar-refractivity contribution in [3.05, 3.63) is 34.9 Å². The minimum atomic E-state index is -0.242. The molecule has 7 nitrogen and oxygen atoms in total. The molecule has 132 valence electrons. The number of aromatic nitrogens is 1. The molecule has 0 saturated carbocycles. The van der Waals surface area contributed by atoms with Crippen LogP contribution in [-0.2, 0) is 4.79 Å². The highest BCUT2D eigenvalue weighted by molar-refractivity contribution is 6.60. The number of carbonyl (C=O) groups excluding carboxylic acids is 1. The summed E-state index contributed by atoms with van der Waals surface area (Å²) in [5.41, 5.74) is 3.90. The molecule has 1 amide bonds. The summed E-state index contributed by atoms with van der Waals surface area (Å²) in [7, 11) is 0. The lowest BCUT2D eigenvalue weighted by atomic mass is 10.0. The van der Waals surface area contributed by atoms with E-state index in [1.807, 2.05) is 26.0 Å². The fraction of sp³-hybridized carbons (Fsp3) is 0.316. The van der Waals surface area contributed by atoms with Gasteiger partial charge in [0.2, 0.25) is 0 Å². The molecule has 1 aliphatic heterocycles. The molecule has 26 heavy (non-hydrogen) atoms. The van der Waals surface area contributed by atoms with Crippen LogP contribution in [0.2, 0.25) is 0 Å². The van der Waals surface area contributed by atoms with E-state index < -0.39 is 0 Å². The van der Waals surface area contributed by atoms with E-state index in [2.05, 4.69) is 37.7 Å². The fourth-order valence-electron chi connectivity index (χ4n) is 2.85. The Balaban J connectivity index is 1.67. The number of hydrogen-bond acceptors (Lipinski definition) is 6. The van der Waals surface area contributed by atoms with Gasteiger partial charge in [0.05, 0.1) is 30.4 Å². The molecule has 1 aromatic carbocycles. The number of carbonyl (C=O) groups is 1. The fourth-order valence-corrected chi connectivity index (χ4v) is 2.85. The number of aliphatic imine (C=N–C) groups is 2. The van der Waals surface area contributed by atoms with Crippen LogP contribution in [0, 0.1) is 25.2 Å². The van der Waals surface area contributed by atoms with Crippen molar-refractivity contribution < 1.29 is 4.79 Å². The first kappa shape index (κ1) is 17.5. The summed E-state index contributed by atoms with van der Waals surface area (Å²) in [6.45, 7) is 6.05. The topological polar surface area (TPSA) is 103 Å². The van der Waals surface area contributed by atoms with Crippen molar-refractivity contribution in [2.45, 2.75) is 13.8 Å². The molecule has 0 bridgehead atoms. The maximum Gasteiger partial charge on any atom is 0.271 e. The monoisotopic (exact) mass is 348 g/mol. The Morgan fingerprint density at radius 3 is 2.81 bits per heavy atom. The number of amides is 1. The first-order valence-electron chi connectivity index (χ1n) is 8.47. The Hall–Kier alpha value is -3.27. The first-order valence-corrected chi connectivity index (χ1v) is 8.47. The largest absolute Gasteiger partial charge is 0.367 e. The first-order chi connectivity index (χ1) is 12.6. The standard InChI is InChI=1S/C19H20N6O/c1-12-7-13(2)15-9-14(10-20)18(25-16(15)8-12)23-5-6-24-19(26)17-11-21-3-4-22-17/h7-9,11H,3-6H2,1-2H3,(H,23,25)(H,24,26). The molecule has 2 N–H and O–H groups in total. The highest BCUT2D eigenvalue weighted by atomic mass is 16.1. The van der Waals surface area contributed by atoms with Gasteiger partial charge in [0, 0.05) is 18.5 Å². The van der Waals surface area contributed by atoms with Crippen molar-refractivity contribution >= 4 is 34.6 Å². The van der Waals surface area contributed by atoms with Crippen LogP contribution in [0.1, 0.15) is 16.7 Å². The number of rotatable bonds is 5. The average molecular weight is 348 g/mol. The molecule has 0 fully saturated rings. The number of fused-ring (bicyclic) bond motifs is 1. The Morgan fingerprint density at radius 1 is 1.23 bits per heavy atom. The Labute approximate surface area is 151 Å². The zero-order valence-corrected chi connectivity index (χ0v) is 14.8. The predicted octanol–water partition coefficient (Wildman–Crippen LogP) is 1.78. The van der Waals surface area contributed by atoms with E-state index >= 15 is 0 Å². The molecule has 2 aromatic rings. The number of hydrogen-bond donors (Lipinski definition) is 2. The summed E-state index contributed by atoms with van der Waals surface area (Å²) in [4.78, 5) is 24.7. The van der Waals surface area contributed by atoms with Crippen LogP contribution in [0.4, 0.5) is 5.82 Å². The predicted molar refractivity (Wildman–Crippen MR) is 103 cm³/mol. The second-order valence-electron chi connectivity index (χ2n) is 6.13. The van der Waals surface area contributed by atoms with E-state index in [-0.39, 0.29) is 5.91 Å². The third kappa shape index (κ3) is 3.86. The molecule has 0 aliphatic carbocycles. The Bertz CT molecular complexity index is 955. The molecule has 1 aliphatic rings. The van der Waals surface area contributed by atoms with E-state index in [1.165, 1.54) is 6.21 Å². The molecule has 3 rings (SSSR count). The van der Waals surface area contributed by atoms with Crippen LogP contribution in [0.5, 0.6) is 0 Å². The molecule has 0 radical (unpaired) electrons. The second kappa shape index (κ2) is 7.74. The number of nitriles is 1. The van der Waals surface area contributed by atoms with Gasteiger partial charge in [-0.1, -0.05) is 6.07 Å². The SMILES string of the molecule is Cc1cc(C)c2cc(C#N)c(NCCNC(=O)C3=NCCN=C3)nc2c1. The molecular weight excluding hydrogens is 328 g/mol. The van der Waals surface area contributed by atoms with Crippen LogP contribution < -0.4 is 10.6 Å². The van der Waals surface area contributed by atoms with Gasteiger partial charge in [-0.3, -0.25) is 14.8 Å². The van der Waals surface area contributed by atoms with E-state index in [9.17, 15) is 10.1 Å². The van der Waals surface area contributed by atoms with Gasteiger partial charge in [-0.2, -0.15) is 5.26 Å². The van der Waals surface area contributed by atoms with Crippen molar-refractivity contribution in [2.24, 2.45) is 9.98 Å². The lowest BCUT2D eigenvalue weighted by molar-refractivity contribution is -0.114. The van der Waals surface area contributed by atoms with Gasteiger partial charge in [-0.25, -0.2) is 4.98 Å². The number of benzene rings is 1. The highest BCUT2D eigenvalue weighted by Gasteiger charge is 2.11. The third-order valence-electron chi connectivity index (χ3n) is 4.07. The van der Waals surface area contributed by atoms with Crippen molar-refractivity contribution in [1.82, 2.24) is 10.3 Å². The van der Waals surface area contributed by atoms with Gasteiger partial charge < -0.3 is 10.6 Å². The molecular formula is C19H20N6O. The maximum absolute atomic E-state index is 12.0. The third-order valence-corrected chi connectivity index (χ3v) is 4.07.